The van der Waals surface area contributed by atoms with Crippen LogP contribution in [0.1, 0.15) is 5.69 Å². The fraction of sp³-hybridized carbons (Fsp3) is 0.0909. The Morgan fingerprint density at radius 3 is 2.88 bits per heavy atom. The molecule has 0 spiro atoms. The highest BCUT2D eigenvalue weighted by atomic mass is 32.2. The van der Waals surface area contributed by atoms with E-state index in [1.807, 2.05) is 30.5 Å². The highest BCUT2D eigenvalue weighted by molar-refractivity contribution is 7.98. The third-order valence-corrected chi connectivity index (χ3v) is 3.04. The zero-order chi connectivity index (χ0) is 11.5. The predicted molar refractivity (Wildman–Crippen MR) is 64.6 cm³/mol. The van der Waals surface area contributed by atoms with Crippen molar-refractivity contribution < 1.29 is 0 Å². The van der Waals surface area contributed by atoms with Crippen molar-refractivity contribution in [2.45, 2.75) is 10.9 Å². The summed E-state index contributed by atoms with van der Waals surface area (Å²) in [7, 11) is 0. The molecule has 0 amide bonds. The molecule has 0 atom stereocenters. The molecule has 0 unspecified atom stereocenters. The van der Waals surface area contributed by atoms with Crippen LogP contribution in [0.2, 0.25) is 0 Å². The Balaban J connectivity index is 1.77. The summed E-state index contributed by atoms with van der Waals surface area (Å²) in [6.45, 7) is 0. The maximum Gasteiger partial charge on any atom is 0.253 e. The lowest BCUT2D eigenvalue weighted by Crippen LogP contribution is -1.87. The summed E-state index contributed by atoms with van der Waals surface area (Å²) >= 11 is 1.55. The molecule has 0 bridgehead atoms. The van der Waals surface area contributed by atoms with E-state index in [4.69, 9.17) is 0 Å². The Morgan fingerprint density at radius 2 is 2.06 bits per heavy atom. The number of fused-ring (bicyclic) bond motifs is 1. The average molecular weight is 243 g/mol. The number of pyridine rings is 1. The number of nitrogens with zero attached hydrogens (tertiary/aromatic N) is 5. The molecule has 0 aromatic carbocycles. The van der Waals surface area contributed by atoms with E-state index in [9.17, 15) is 0 Å². The predicted octanol–water partition coefficient (Wildman–Crippen LogP) is 1.81. The molecule has 3 aromatic heterocycles. The molecule has 0 saturated heterocycles. The standard InChI is InChI=1S/C11H9N5S/c1-2-5-12-9(4-1)8-17-11-14-10-13-6-3-7-16(10)15-11/h1-7H,8H2. The van der Waals surface area contributed by atoms with Gasteiger partial charge >= 0.3 is 0 Å². The van der Waals surface area contributed by atoms with E-state index in [0.29, 0.717) is 10.9 Å². The SMILES string of the molecule is c1ccc(CSc2nc3ncccn3n2)nc1. The van der Waals surface area contributed by atoms with Gasteiger partial charge in [0.1, 0.15) is 0 Å². The van der Waals surface area contributed by atoms with Crippen molar-refractivity contribution in [2.75, 3.05) is 0 Å². The molecule has 3 rings (SSSR count). The molecule has 0 saturated carbocycles. The molecule has 0 fully saturated rings. The molecule has 17 heavy (non-hydrogen) atoms. The summed E-state index contributed by atoms with van der Waals surface area (Å²) in [5.74, 6) is 1.38. The second-order valence-electron chi connectivity index (χ2n) is 3.37. The fourth-order valence-corrected chi connectivity index (χ4v) is 2.14. The molecule has 6 heteroatoms. The lowest BCUT2D eigenvalue weighted by Gasteiger charge is -1.95. The van der Waals surface area contributed by atoms with Crippen LogP contribution in [-0.4, -0.2) is 24.6 Å². The molecule has 0 radical (unpaired) electrons. The normalized spacial score (nSPS) is 10.8. The first-order chi connectivity index (χ1) is 8.42. The van der Waals surface area contributed by atoms with Gasteiger partial charge in [-0.15, -0.1) is 5.10 Å². The first-order valence-corrected chi connectivity index (χ1v) is 6.10. The van der Waals surface area contributed by atoms with Crippen molar-refractivity contribution in [1.29, 1.82) is 0 Å². The first kappa shape index (κ1) is 10.2. The van der Waals surface area contributed by atoms with E-state index in [1.165, 1.54) is 0 Å². The van der Waals surface area contributed by atoms with Crippen molar-refractivity contribution >= 4 is 17.5 Å². The molecule has 0 aliphatic rings. The zero-order valence-electron chi connectivity index (χ0n) is 8.89. The van der Waals surface area contributed by atoms with Crippen LogP contribution in [0.25, 0.3) is 5.78 Å². The van der Waals surface area contributed by atoms with Crippen molar-refractivity contribution in [2.24, 2.45) is 0 Å². The lowest BCUT2D eigenvalue weighted by atomic mass is 10.4. The molecule has 3 heterocycles. The molecule has 5 nitrogen and oxygen atoms in total. The summed E-state index contributed by atoms with van der Waals surface area (Å²) in [5, 5.41) is 5.02. The maximum atomic E-state index is 4.31. The number of hydrogen-bond donors (Lipinski definition) is 0. The summed E-state index contributed by atoms with van der Waals surface area (Å²) in [5.41, 5.74) is 1.02. The van der Waals surface area contributed by atoms with E-state index in [-0.39, 0.29) is 0 Å². The van der Waals surface area contributed by atoms with E-state index in [0.717, 1.165) is 11.4 Å². The Bertz CT molecular complexity index is 589. The molecule has 84 valence electrons. The summed E-state index contributed by atoms with van der Waals surface area (Å²) in [6, 6.07) is 7.69. The minimum absolute atomic E-state index is 0.621. The van der Waals surface area contributed by atoms with E-state index < -0.39 is 0 Å². The quantitative estimate of drug-likeness (QED) is 0.657. The number of rotatable bonds is 3. The minimum atomic E-state index is 0.621. The topological polar surface area (TPSA) is 56.0 Å². The third-order valence-electron chi connectivity index (χ3n) is 2.17. The highest BCUT2D eigenvalue weighted by Gasteiger charge is 2.04. The lowest BCUT2D eigenvalue weighted by molar-refractivity contribution is 0.879. The van der Waals surface area contributed by atoms with Crippen molar-refractivity contribution in [3.8, 4) is 0 Å². The van der Waals surface area contributed by atoms with Crippen LogP contribution in [-0.2, 0) is 5.75 Å². The maximum absolute atomic E-state index is 4.31. The smallest absolute Gasteiger partial charge is 0.253 e. The fourth-order valence-electron chi connectivity index (χ4n) is 1.40. The Hall–Kier alpha value is -1.95. The summed E-state index contributed by atoms with van der Waals surface area (Å²) in [6.07, 6.45) is 5.33. The van der Waals surface area contributed by atoms with Crippen LogP contribution in [0.15, 0.2) is 48.0 Å². The largest absolute Gasteiger partial charge is 0.260 e. The second kappa shape index (κ2) is 4.50. The van der Waals surface area contributed by atoms with Gasteiger partial charge in [0.05, 0.1) is 5.69 Å². The molecule has 0 N–H and O–H groups in total. The Labute approximate surface area is 102 Å². The molecular weight excluding hydrogens is 234 g/mol. The van der Waals surface area contributed by atoms with E-state index in [2.05, 4.69) is 20.1 Å². The molecular formula is C11H9N5S. The van der Waals surface area contributed by atoms with Crippen LogP contribution in [0.3, 0.4) is 0 Å². The van der Waals surface area contributed by atoms with Crippen LogP contribution in [0.4, 0.5) is 0 Å². The third kappa shape index (κ3) is 2.26. The Kier molecular flexibility index (Phi) is 2.71. The Morgan fingerprint density at radius 1 is 1.12 bits per heavy atom. The van der Waals surface area contributed by atoms with Crippen molar-refractivity contribution in [1.82, 2.24) is 24.6 Å². The highest BCUT2D eigenvalue weighted by Crippen LogP contribution is 2.17. The average Bonchev–Trinajstić information content (AvgIpc) is 2.80. The van der Waals surface area contributed by atoms with Crippen LogP contribution in [0.5, 0.6) is 0 Å². The van der Waals surface area contributed by atoms with Crippen LogP contribution < -0.4 is 0 Å². The molecule has 0 aliphatic carbocycles. The van der Waals surface area contributed by atoms with Gasteiger partial charge in [-0.25, -0.2) is 9.50 Å². The summed E-state index contributed by atoms with van der Waals surface area (Å²) < 4.78 is 1.67. The second-order valence-corrected chi connectivity index (χ2v) is 4.31. The summed E-state index contributed by atoms with van der Waals surface area (Å²) in [4.78, 5) is 12.7. The van der Waals surface area contributed by atoms with Gasteiger partial charge in [0.2, 0.25) is 5.16 Å². The van der Waals surface area contributed by atoms with Crippen molar-refractivity contribution in [3.63, 3.8) is 0 Å². The minimum Gasteiger partial charge on any atom is -0.260 e. The monoisotopic (exact) mass is 243 g/mol. The van der Waals surface area contributed by atoms with Gasteiger partial charge in [0.25, 0.3) is 5.78 Å². The van der Waals surface area contributed by atoms with Crippen LogP contribution >= 0.6 is 11.8 Å². The van der Waals surface area contributed by atoms with Gasteiger partial charge in [-0.3, -0.25) is 4.98 Å². The van der Waals surface area contributed by atoms with E-state index in [1.54, 1.807) is 28.7 Å². The van der Waals surface area contributed by atoms with Gasteiger partial charge in [0, 0.05) is 24.3 Å². The number of hydrogen-bond acceptors (Lipinski definition) is 5. The number of aromatic nitrogens is 5. The van der Waals surface area contributed by atoms with Gasteiger partial charge in [0.15, 0.2) is 0 Å². The van der Waals surface area contributed by atoms with Crippen molar-refractivity contribution in [3.05, 3.63) is 48.5 Å². The van der Waals surface area contributed by atoms with Gasteiger partial charge in [-0.05, 0) is 18.2 Å². The number of thioether (sulfide) groups is 1. The van der Waals surface area contributed by atoms with Crippen LogP contribution in [0, 0.1) is 0 Å². The van der Waals surface area contributed by atoms with Gasteiger partial charge in [-0.2, -0.15) is 4.98 Å². The zero-order valence-corrected chi connectivity index (χ0v) is 9.71. The molecule has 3 aromatic rings. The van der Waals surface area contributed by atoms with Gasteiger partial charge < -0.3 is 0 Å². The molecule has 0 aliphatic heterocycles. The van der Waals surface area contributed by atoms with Gasteiger partial charge in [-0.1, -0.05) is 17.8 Å². The van der Waals surface area contributed by atoms with E-state index >= 15 is 0 Å². The first-order valence-electron chi connectivity index (χ1n) is 5.12.